The molecule has 1 N–H and O–H groups in total. The Bertz CT molecular complexity index is 874. The third kappa shape index (κ3) is 3.31. The van der Waals surface area contributed by atoms with Gasteiger partial charge in [0.15, 0.2) is 11.5 Å². The quantitative estimate of drug-likeness (QED) is 0.874. The molecule has 0 unspecified atom stereocenters. The van der Waals surface area contributed by atoms with Crippen molar-refractivity contribution in [3.05, 3.63) is 54.1 Å². The van der Waals surface area contributed by atoms with E-state index in [1.165, 1.54) is 5.56 Å². The molecule has 2 aromatic rings. The molecule has 1 aliphatic heterocycles. The third-order valence-electron chi connectivity index (χ3n) is 5.37. The SMILES string of the molecule is O=S(=O)(NCC1(c2ccccc2)CCCC1)c1ccc2c(c1)OCCO2. The molecule has 1 aliphatic carbocycles. The number of hydrogen-bond donors (Lipinski definition) is 1. The average molecular weight is 373 g/mol. The van der Waals surface area contributed by atoms with Crippen LogP contribution in [0.15, 0.2) is 53.4 Å². The van der Waals surface area contributed by atoms with Crippen LogP contribution in [0.1, 0.15) is 31.2 Å². The zero-order valence-electron chi connectivity index (χ0n) is 14.6. The van der Waals surface area contributed by atoms with Gasteiger partial charge >= 0.3 is 0 Å². The molecule has 0 saturated heterocycles. The summed E-state index contributed by atoms with van der Waals surface area (Å²) in [6.45, 7) is 1.33. The van der Waals surface area contributed by atoms with E-state index in [-0.39, 0.29) is 10.3 Å². The highest BCUT2D eigenvalue weighted by Crippen LogP contribution is 2.41. The lowest BCUT2D eigenvalue weighted by molar-refractivity contribution is 0.171. The highest BCUT2D eigenvalue weighted by Gasteiger charge is 2.36. The number of hydrogen-bond acceptors (Lipinski definition) is 4. The van der Waals surface area contributed by atoms with Crippen LogP contribution in [0.3, 0.4) is 0 Å². The van der Waals surface area contributed by atoms with Crippen molar-refractivity contribution in [1.82, 2.24) is 4.72 Å². The molecule has 138 valence electrons. The van der Waals surface area contributed by atoms with Crippen LogP contribution in [0.2, 0.25) is 0 Å². The third-order valence-corrected chi connectivity index (χ3v) is 6.77. The number of fused-ring (bicyclic) bond motifs is 1. The zero-order chi connectivity index (χ0) is 18.0. The molecule has 1 saturated carbocycles. The van der Waals surface area contributed by atoms with Crippen molar-refractivity contribution in [2.75, 3.05) is 19.8 Å². The van der Waals surface area contributed by atoms with Gasteiger partial charge in [-0.3, -0.25) is 0 Å². The van der Waals surface area contributed by atoms with E-state index in [9.17, 15) is 8.42 Å². The summed E-state index contributed by atoms with van der Waals surface area (Å²) in [5.41, 5.74) is 1.09. The van der Waals surface area contributed by atoms with Gasteiger partial charge in [-0.2, -0.15) is 0 Å². The van der Waals surface area contributed by atoms with Gasteiger partial charge < -0.3 is 9.47 Å². The van der Waals surface area contributed by atoms with E-state index in [4.69, 9.17) is 9.47 Å². The van der Waals surface area contributed by atoms with Crippen molar-refractivity contribution in [3.8, 4) is 11.5 Å². The molecule has 0 spiro atoms. The van der Waals surface area contributed by atoms with E-state index < -0.39 is 10.0 Å². The summed E-state index contributed by atoms with van der Waals surface area (Å²) in [5.74, 6) is 1.07. The van der Waals surface area contributed by atoms with Crippen molar-refractivity contribution in [2.45, 2.75) is 36.0 Å². The molecule has 0 bridgehead atoms. The molecule has 1 fully saturated rings. The van der Waals surface area contributed by atoms with E-state index in [1.54, 1.807) is 18.2 Å². The maximum Gasteiger partial charge on any atom is 0.240 e. The molecule has 0 radical (unpaired) electrons. The first kappa shape index (κ1) is 17.4. The number of benzene rings is 2. The Labute approximate surface area is 154 Å². The monoisotopic (exact) mass is 373 g/mol. The van der Waals surface area contributed by atoms with Crippen molar-refractivity contribution in [2.24, 2.45) is 0 Å². The van der Waals surface area contributed by atoms with Gasteiger partial charge in [0.2, 0.25) is 10.0 Å². The van der Waals surface area contributed by atoms with Crippen LogP contribution in [0, 0.1) is 0 Å². The van der Waals surface area contributed by atoms with Crippen LogP contribution >= 0.6 is 0 Å². The van der Waals surface area contributed by atoms with Crippen molar-refractivity contribution < 1.29 is 17.9 Å². The fourth-order valence-corrected chi connectivity index (χ4v) is 5.06. The maximum absolute atomic E-state index is 12.8. The van der Waals surface area contributed by atoms with E-state index in [1.807, 2.05) is 18.2 Å². The summed E-state index contributed by atoms with van der Waals surface area (Å²) in [5, 5.41) is 0. The lowest BCUT2D eigenvalue weighted by atomic mass is 9.79. The largest absolute Gasteiger partial charge is 0.486 e. The lowest BCUT2D eigenvalue weighted by Gasteiger charge is -2.30. The van der Waals surface area contributed by atoms with Crippen LogP contribution in [0.4, 0.5) is 0 Å². The minimum atomic E-state index is -3.61. The summed E-state index contributed by atoms with van der Waals surface area (Å²) in [6, 6.07) is 15.0. The van der Waals surface area contributed by atoms with Crippen LogP contribution in [-0.2, 0) is 15.4 Å². The van der Waals surface area contributed by atoms with E-state index in [0.717, 1.165) is 25.7 Å². The zero-order valence-corrected chi connectivity index (χ0v) is 15.4. The van der Waals surface area contributed by atoms with Gasteiger partial charge in [0.25, 0.3) is 0 Å². The predicted molar refractivity (Wildman–Crippen MR) is 99.2 cm³/mol. The molecule has 26 heavy (non-hydrogen) atoms. The Morgan fingerprint density at radius 3 is 2.35 bits per heavy atom. The Morgan fingerprint density at radius 2 is 1.62 bits per heavy atom. The van der Waals surface area contributed by atoms with E-state index >= 15 is 0 Å². The second kappa shape index (κ2) is 6.93. The second-order valence-electron chi connectivity index (χ2n) is 6.98. The van der Waals surface area contributed by atoms with E-state index in [0.29, 0.717) is 31.3 Å². The summed E-state index contributed by atoms with van der Waals surface area (Å²) in [7, 11) is -3.61. The Balaban J connectivity index is 1.56. The Morgan fingerprint density at radius 1 is 0.923 bits per heavy atom. The normalized spacial score (nSPS) is 18.6. The van der Waals surface area contributed by atoms with Crippen molar-refractivity contribution in [1.29, 1.82) is 0 Å². The number of sulfonamides is 1. The fraction of sp³-hybridized carbons (Fsp3) is 0.400. The molecule has 0 atom stereocenters. The number of ether oxygens (including phenoxy) is 2. The molecular weight excluding hydrogens is 350 g/mol. The van der Waals surface area contributed by atoms with Gasteiger partial charge in [-0.15, -0.1) is 0 Å². The van der Waals surface area contributed by atoms with Gasteiger partial charge in [-0.25, -0.2) is 13.1 Å². The van der Waals surface area contributed by atoms with Gasteiger partial charge in [0.05, 0.1) is 4.90 Å². The van der Waals surface area contributed by atoms with Gasteiger partial charge in [-0.05, 0) is 30.5 Å². The molecule has 1 heterocycles. The first-order valence-electron chi connectivity index (χ1n) is 9.04. The van der Waals surface area contributed by atoms with Crippen molar-refractivity contribution >= 4 is 10.0 Å². The van der Waals surface area contributed by atoms with Gasteiger partial charge in [0, 0.05) is 18.0 Å². The first-order valence-corrected chi connectivity index (χ1v) is 10.5. The summed E-state index contributed by atoms with van der Waals surface area (Å²) >= 11 is 0. The Kier molecular flexibility index (Phi) is 4.63. The second-order valence-corrected chi connectivity index (χ2v) is 8.75. The number of nitrogens with one attached hydrogen (secondary N) is 1. The minimum Gasteiger partial charge on any atom is -0.486 e. The highest BCUT2D eigenvalue weighted by molar-refractivity contribution is 7.89. The van der Waals surface area contributed by atoms with E-state index in [2.05, 4.69) is 16.9 Å². The molecule has 6 heteroatoms. The molecule has 2 aromatic carbocycles. The molecule has 4 rings (SSSR count). The molecule has 0 aromatic heterocycles. The molecule has 0 amide bonds. The topological polar surface area (TPSA) is 64.6 Å². The maximum atomic E-state index is 12.8. The van der Waals surface area contributed by atoms with Crippen LogP contribution in [0.25, 0.3) is 0 Å². The summed E-state index contributed by atoms with van der Waals surface area (Å²) in [6.07, 6.45) is 4.25. The summed E-state index contributed by atoms with van der Waals surface area (Å²) in [4.78, 5) is 0.211. The lowest BCUT2D eigenvalue weighted by Crippen LogP contribution is -2.39. The standard InChI is InChI=1S/C20H23NO4S/c22-26(23,17-8-9-18-19(14-17)25-13-12-24-18)21-15-20(10-4-5-11-20)16-6-2-1-3-7-16/h1-3,6-9,14,21H,4-5,10-13,15H2. The highest BCUT2D eigenvalue weighted by atomic mass is 32.2. The van der Waals surface area contributed by atoms with Crippen LogP contribution < -0.4 is 14.2 Å². The van der Waals surface area contributed by atoms with Gasteiger partial charge in [-0.1, -0.05) is 43.2 Å². The fourth-order valence-electron chi connectivity index (χ4n) is 3.92. The molecule has 2 aliphatic rings. The minimum absolute atomic E-state index is 0.123. The smallest absolute Gasteiger partial charge is 0.240 e. The van der Waals surface area contributed by atoms with Crippen molar-refractivity contribution in [3.63, 3.8) is 0 Å². The first-order chi connectivity index (χ1) is 12.6. The van der Waals surface area contributed by atoms with Crippen LogP contribution in [-0.4, -0.2) is 28.2 Å². The molecule has 5 nitrogen and oxygen atoms in total. The summed E-state index contributed by atoms with van der Waals surface area (Å²) < 4.78 is 39.5. The van der Waals surface area contributed by atoms with Gasteiger partial charge in [0.1, 0.15) is 13.2 Å². The molecular formula is C20H23NO4S. The number of rotatable bonds is 5. The average Bonchev–Trinajstić information content (AvgIpc) is 3.17. The van der Waals surface area contributed by atoms with Crippen LogP contribution in [0.5, 0.6) is 11.5 Å². The predicted octanol–water partition coefficient (Wildman–Crippen LogP) is 3.25. The Hall–Kier alpha value is -2.05.